The lowest BCUT2D eigenvalue weighted by Gasteiger charge is -2.24. The summed E-state index contributed by atoms with van der Waals surface area (Å²) in [4.78, 5) is 14.9. The number of anilines is 2. The topological polar surface area (TPSA) is 32.3 Å². The van der Waals surface area contributed by atoms with E-state index in [-0.39, 0.29) is 11.9 Å². The molecule has 1 aliphatic heterocycles. The molecule has 0 aromatic heterocycles. The van der Waals surface area contributed by atoms with Gasteiger partial charge in [0, 0.05) is 24.0 Å². The largest absolute Gasteiger partial charge is 0.385 e. The Balaban J connectivity index is 2.00. The molecule has 0 bridgehead atoms. The molecular weight excluding hydrogens is 260 g/mol. The number of benzene rings is 2. The average Bonchev–Trinajstić information content (AvgIpc) is 2.83. The minimum absolute atomic E-state index is 0.0731. The van der Waals surface area contributed by atoms with Crippen molar-refractivity contribution in [2.24, 2.45) is 0 Å². The van der Waals surface area contributed by atoms with E-state index in [0.29, 0.717) is 0 Å². The maximum absolute atomic E-state index is 13.0. The molecule has 1 amide bonds. The maximum atomic E-state index is 13.0. The van der Waals surface area contributed by atoms with Crippen molar-refractivity contribution in [1.82, 2.24) is 0 Å². The Hall–Kier alpha value is -2.29. The molecule has 1 heterocycles. The lowest BCUT2D eigenvalue weighted by atomic mass is 10.1. The number of carbonyl (C=O) groups is 1. The van der Waals surface area contributed by atoms with E-state index in [1.807, 2.05) is 54.3 Å². The van der Waals surface area contributed by atoms with E-state index < -0.39 is 0 Å². The summed E-state index contributed by atoms with van der Waals surface area (Å²) in [6.07, 6.45) is 0.922. The normalized spacial score (nSPS) is 16.7. The fourth-order valence-electron chi connectivity index (χ4n) is 3.02. The zero-order chi connectivity index (χ0) is 14.8. The van der Waals surface area contributed by atoms with E-state index in [9.17, 15) is 4.79 Å². The lowest BCUT2D eigenvalue weighted by Crippen LogP contribution is -2.36. The van der Waals surface area contributed by atoms with E-state index in [1.165, 1.54) is 5.56 Å². The van der Waals surface area contributed by atoms with Crippen molar-refractivity contribution in [1.29, 1.82) is 0 Å². The monoisotopic (exact) mass is 280 g/mol. The van der Waals surface area contributed by atoms with Crippen molar-refractivity contribution < 1.29 is 4.79 Å². The van der Waals surface area contributed by atoms with Crippen molar-refractivity contribution in [3.63, 3.8) is 0 Å². The van der Waals surface area contributed by atoms with Crippen LogP contribution in [0, 0.1) is 0 Å². The van der Waals surface area contributed by atoms with Crippen LogP contribution in [0.15, 0.2) is 48.5 Å². The van der Waals surface area contributed by atoms with Crippen molar-refractivity contribution >= 4 is 17.3 Å². The Labute approximate surface area is 125 Å². The summed E-state index contributed by atoms with van der Waals surface area (Å²) in [6.45, 7) is 4.94. The minimum Gasteiger partial charge on any atom is -0.385 e. The molecule has 0 spiro atoms. The number of amides is 1. The molecule has 0 radical (unpaired) electrons. The predicted molar refractivity (Wildman–Crippen MR) is 87.0 cm³/mol. The Bertz CT molecular complexity index is 666. The summed E-state index contributed by atoms with van der Waals surface area (Å²) in [5.41, 5.74) is 3.94. The zero-order valence-corrected chi connectivity index (χ0v) is 12.5. The van der Waals surface area contributed by atoms with Crippen molar-refractivity contribution in [2.75, 3.05) is 16.8 Å². The van der Waals surface area contributed by atoms with Crippen LogP contribution < -0.4 is 10.2 Å². The molecule has 2 aromatic carbocycles. The molecule has 0 saturated carbocycles. The third kappa shape index (κ3) is 2.40. The zero-order valence-electron chi connectivity index (χ0n) is 12.5. The highest BCUT2D eigenvalue weighted by Gasteiger charge is 2.31. The number of nitrogens with zero attached hydrogens (tertiary/aromatic N) is 1. The maximum Gasteiger partial charge on any atom is 0.260 e. The molecule has 108 valence electrons. The predicted octanol–water partition coefficient (Wildman–Crippen LogP) is 3.71. The number of carbonyl (C=O) groups excluding carboxylic acids is 1. The van der Waals surface area contributed by atoms with Gasteiger partial charge >= 0.3 is 0 Å². The van der Waals surface area contributed by atoms with Crippen molar-refractivity contribution in [3.05, 3.63) is 59.7 Å². The van der Waals surface area contributed by atoms with Gasteiger partial charge in [0.1, 0.15) is 0 Å². The summed E-state index contributed by atoms with van der Waals surface area (Å²) >= 11 is 0. The molecule has 1 unspecified atom stereocenters. The first-order valence-electron chi connectivity index (χ1n) is 7.46. The fourth-order valence-corrected chi connectivity index (χ4v) is 3.02. The van der Waals surface area contributed by atoms with Crippen LogP contribution in [0.4, 0.5) is 11.4 Å². The van der Waals surface area contributed by atoms with E-state index >= 15 is 0 Å². The molecule has 0 aliphatic carbocycles. The summed E-state index contributed by atoms with van der Waals surface area (Å²) in [6, 6.07) is 16.1. The van der Waals surface area contributed by atoms with Gasteiger partial charge < -0.3 is 10.2 Å². The van der Waals surface area contributed by atoms with Gasteiger partial charge in [0.15, 0.2) is 0 Å². The van der Waals surface area contributed by atoms with Gasteiger partial charge in [0.05, 0.1) is 5.56 Å². The number of fused-ring (bicyclic) bond motifs is 1. The van der Waals surface area contributed by atoms with Gasteiger partial charge in [-0.25, -0.2) is 0 Å². The molecule has 0 fully saturated rings. The standard InChI is InChI=1S/C18H20N2O/c1-3-19-16-10-6-5-9-15(16)18(21)20-13(2)12-14-8-4-7-11-17(14)20/h4-11,13,19H,3,12H2,1-2H3. The number of nitrogens with one attached hydrogen (secondary N) is 1. The number of rotatable bonds is 3. The second-order valence-corrected chi connectivity index (χ2v) is 5.43. The lowest BCUT2D eigenvalue weighted by molar-refractivity contribution is 0.0982. The van der Waals surface area contributed by atoms with Crippen LogP contribution in [-0.2, 0) is 6.42 Å². The third-order valence-corrected chi connectivity index (χ3v) is 3.95. The van der Waals surface area contributed by atoms with Gasteiger partial charge in [-0.1, -0.05) is 30.3 Å². The molecule has 3 rings (SSSR count). The highest BCUT2D eigenvalue weighted by molar-refractivity contribution is 6.11. The molecular formula is C18H20N2O. The van der Waals surface area contributed by atoms with Crippen LogP contribution in [0.3, 0.4) is 0 Å². The average molecular weight is 280 g/mol. The van der Waals surface area contributed by atoms with Gasteiger partial charge in [-0.2, -0.15) is 0 Å². The van der Waals surface area contributed by atoms with Crippen LogP contribution in [0.25, 0.3) is 0 Å². The fraction of sp³-hybridized carbons (Fsp3) is 0.278. The second kappa shape index (κ2) is 5.60. The van der Waals surface area contributed by atoms with Crippen molar-refractivity contribution in [2.45, 2.75) is 26.3 Å². The van der Waals surface area contributed by atoms with Crippen LogP contribution in [-0.4, -0.2) is 18.5 Å². The molecule has 3 heteroatoms. The summed E-state index contributed by atoms with van der Waals surface area (Å²) < 4.78 is 0. The molecule has 0 saturated heterocycles. The first kappa shape index (κ1) is 13.7. The number of hydrogen-bond acceptors (Lipinski definition) is 2. The minimum atomic E-state index is 0.0731. The van der Waals surface area contributed by atoms with Crippen LogP contribution >= 0.6 is 0 Å². The number of para-hydroxylation sites is 2. The summed E-state index contributed by atoms with van der Waals surface area (Å²) in [5.74, 6) is 0.0731. The Morgan fingerprint density at radius 1 is 1.19 bits per heavy atom. The third-order valence-electron chi connectivity index (χ3n) is 3.95. The van der Waals surface area contributed by atoms with E-state index in [4.69, 9.17) is 0 Å². The van der Waals surface area contributed by atoms with Gasteiger partial charge in [-0.05, 0) is 44.0 Å². The molecule has 1 N–H and O–H groups in total. The van der Waals surface area contributed by atoms with E-state index in [1.54, 1.807) is 0 Å². The number of hydrogen-bond donors (Lipinski definition) is 1. The van der Waals surface area contributed by atoms with Crippen LogP contribution in [0.1, 0.15) is 29.8 Å². The Kier molecular flexibility index (Phi) is 3.65. The first-order valence-corrected chi connectivity index (χ1v) is 7.46. The van der Waals surface area contributed by atoms with Gasteiger partial charge in [-0.3, -0.25) is 4.79 Å². The smallest absolute Gasteiger partial charge is 0.260 e. The van der Waals surface area contributed by atoms with Gasteiger partial charge in [0.2, 0.25) is 0 Å². The molecule has 1 atom stereocenters. The van der Waals surface area contributed by atoms with Gasteiger partial charge in [-0.15, -0.1) is 0 Å². The SMILES string of the molecule is CCNc1ccccc1C(=O)N1c2ccccc2CC1C. The Morgan fingerprint density at radius 3 is 2.71 bits per heavy atom. The Morgan fingerprint density at radius 2 is 1.90 bits per heavy atom. The summed E-state index contributed by atoms with van der Waals surface area (Å²) in [5, 5.41) is 3.27. The first-order chi connectivity index (χ1) is 10.2. The quantitative estimate of drug-likeness (QED) is 0.929. The van der Waals surface area contributed by atoms with Crippen LogP contribution in [0.5, 0.6) is 0 Å². The highest BCUT2D eigenvalue weighted by Crippen LogP contribution is 2.34. The molecule has 21 heavy (non-hydrogen) atoms. The van der Waals surface area contributed by atoms with E-state index in [2.05, 4.69) is 18.3 Å². The highest BCUT2D eigenvalue weighted by atomic mass is 16.2. The molecule has 3 nitrogen and oxygen atoms in total. The molecule has 1 aliphatic rings. The summed E-state index contributed by atoms with van der Waals surface area (Å²) in [7, 11) is 0. The van der Waals surface area contributed by atoms with Crippen molar-refractivity contribution in [3.8, 4) is 0 Å². The second-order valence-electron chi connectivity index (χ2n) is 5.43. The van der Waals surface area contributed by atoms with E-state index in [0.717, 1.165) is 29.9 Å². The van der Waals surface area contributed by atoms with Gasteiger partial charge in [0.25, 0.3) is 5.91 Å². The molecule has 2 aromatic rings. The van der Waals surface area contributed by atoms with Crippen LogP contribution in [0.2, 0.25) is 0 Å².